The van der Waals surface area contributed by atoms with E-state index in [1.54, 1.807) is 18.3 Å². The van der Waals surface area contributed by atoms with Crippen molar-refractivity contribution in [3.8, 4) is 11.5 Å². The Bertz CT molecular complexity index is 767. The zero-order valence-corrected chi connectivity index (χ0v) is 16.4. The van der Waals surface area contributed by atoms with Crippen LogP contribution in [0.25, 0.3) is 0 Å². The number of hydrogen-bond donors (Lipinski definition) is 1. The summed E-state index contributed by atoms with van der Waals surface area (Å²) in [6.45, 7) is 4.87. The van der Waals surface area contributed by atoms with Gasteiger partial charge in [0.2, 0.25) is 0 Å². The summed E-state index contributed by atoms with van der Waals surface area (Å²) in [5.74, 6) is 1.97. The van der Waals surface area contributed by atoms with Gasteiger partial charge in [0, 0.05) is 17.4 Å². The van der Waals surface area contributed by atoms with E-state index in [4.69, 9.17) is 26.8 Å². The lowest BCUT2D eigenvalue weighted by atomic mass is 10.2. The molecule has 2 aromatic rings. The van der Waals surface area contributed by atoms with Crippen molar-refractivity contribution in [3.05, 3.63) is 58.6 Å². The molecule has 0 bridgehead atoms. The van der Waals surface area contributed by atoms with Gasteiger partial charge >= 0.3 is 0 Å². The van der Waals surface area contributed by atoms with Crippen LogP contribution in [-0.4, -0.2) is 24.6 Å². The Morgan fingerprint density at radius 2 is 1.77 bits per heavy atom. The minimum atomic E-state index is 0.386. The highest BCUT2D eigenvalue weighted by Crippen LogP contribution is 2.33. The van der Waals surface area contributed by atoms with Crippen LogP contribution in [-0.2, 0) is 5.75 Å². The van der Waals surface area contributed by atoms with Crippen molar-refractivity contribution in [2.45, 2.75) is 19.6 Å². The van der Waals surface area contributed by atoms with E-state index in [9.17, 15) is 0 Å². The maximum Gasteiger partial charge on any atom is 0.180 e. The molecule has 0 aliphatic rings. The standard InChI is InChI=1S/C19H22ClN3O2S/c1-3-24-17-10-15(16(20)11-18(17)25-4-2)12-22-23-19(21)26-13-14-8-6-5-7-9-14/h5-12H,3-4,13H2,1-2H3,(H2,21,23). The maximum absolute atomic E-state index is 6.28. The molecule has 0 heterocycles. The molecular formula is C19H22ClN3O2S. The van der Waals surface area contributed by atoms with E-state index < -0.39 is 0 Å². The topological polar surface area (TPSA) is 69.2 Å². The summed E-state index contributed by atoms with van der Waals surface area (Å²) in [6, 6.07) is 13.5. The van der Waals surface area contributed by atoms with Crippen LogP contribution in [0.5, 0.6) is 11.5 Å². The molecule has 7 heteroatoms. The van der Waals surface area contributed by atoms with Crippen LogP contribution < -0.4 is 15.2 Å². The predicted molar refractivity (Wildman–Crippen MR) is 111 cm³/mol. The van der Waals surface area contributed by atoms with Crippen molar-refractivity contribution < 1.29 is 9.47 Å². The third-order valence-corrected chi connectivity index (χ3v) is 4.43. The number of rotatable bonds is 8. The molecular weight excluding hydrogens is 370 g/mol. The second-order valence-electron chi connectivity index (χ2n) is 5.14. The maximum atomic E-state index is 6.28. The van der Waals surface area contributed by atoms with Gasteiger partial charge in [0.25, 0.3) is 0 Å². The third-order valence-electron chi connectivity index (χ3n) is 3.25. The van der Waals surface area contributed by atoms with Crippen LogP contribution in [0.2, 0.25) is 5.02 Å². The number of amidine groups is 1. The van der Waals surface area contributed by atoms with E-state index in [0.29, 0.717) is 40.5 Å². The zero-order chi connectivity index (χ0) is 18.8. The van der Waals surface area contributed by atoms with Crippen molar-refractivity contribution >= 4 is 34.7 Å². The second kappa shape index (κ2) is 10.7. The van der Waals surface area contributed by atoms with Crippen molar-refractivity contribution in [2.75, 3.05) is 13.2 Å². The Morgan fingerprint density at radius 1 is 1.12 bits per heavy atom. The van der Waals surface area contributed by atoms with Gasteiger partial charge in [-0.2, -0.15) is 5.10 Å². The number of halogens is 1. The Morgan fingerprint density at radius 3 is 2.42 bits per heavy atom. The highest BCUT2D eigenvalue weighted by atomic mass is 35.5. The molecule has 2 N–H and O–H groups in total. The summed E-state index contributed by atoms with van der Waals surface area (Å²) < 4.78 is 11.1. The Kier molecular flexibility index (Phi) is 8.31. The van der Waals surface area contributed by atoms with Crippen LogP contribution in [0.3, 0.4) is 0 Å². The van der Waals surface area contributed by atoms with Crippen LogP contribution in [0, 0.1) is 0 Å². The number of ether oxygens (including phenoxy) is 2. The summed E-state index contributed by atoms with van der Waals surface area (Å²) in [6.07, 6.45) is 1.55. The molecule has 2 rings (SSSR count). The SMILES string of the molecule is CCOc1cc(Cl)c(C=NN=C(N)SCc2ccccc2)cc1OCC. The number of nitrogens with two attached hydrogens (primary N) is 1. The van der Waals surface area contributed by atoms with Crippen molar-refractivity contribution in [2.24, 2.45) is 15.9 Å². The molecule has 0 saturated heterocycles. The van der Waals surface area contributed by atoms with Gasteiger partial charge in [0.05, 0.1) is 24.5 Å². The molecule has 0 atom stereocenters. The van der Waals surface area contributed by atoms with E-state index in [-0.39, 0.29) is 0 Å². The smallest absolute Gasteiger partial charge is 0.180 e. The van der Waals surface area contributed by atoms with Crippen LogP contribution in [0.1, 0.15) is 25.0 Å². The zero-order valence-electron chi connectivity index (χ0n) is 14.8. The van der Waals surface area contributed by atoms with E-state index in [0.717, 1.165) is 5.75 Å². The molecule has 5 nitrogen and oxygen atoms in total. The fourth-order valence-corrected chi connectivity index (χ4v) is 2.91. The van der Waals surface area contributed by atoms with Gasteiger partial charge in [-0.05, 0) is 25.5 Å². The lowest BCUT2D eigenvalue weighted by Gasteiger charge is -2.12. The molecule has 0 aliphatic carbocycles. The van der Waals surface area contributed by atoms with Crippen LogP contribution >= 0.6 is 23.4 Å². The first-order valence-corrected chi connectivity index (χ1v) is 9.62. The van der Waals surface area contributed by atoms with Gasteiger partial charge in [0.15, 0.2) is 16.7 Å². The summed E-state index contributed by atoms with van der Waals surface area (Å²) in [7, 11) is 0. The first-order chi connectivity index (χ1) is 12.6. The largest absolute Gasteiger partial charge is 0.490 e. The fraction of sp³-hybridized carbons (Fsp3) is 0.263. The molecule has 26 heavy (non-hydrogen) atoms. The lowest BCUT2D eigenvalue weighted by molar-refractivity contribution is 0.288. The third kappa shape index (κ3) is 6.28. The quantitative estimate of drug-likeness (QED) is 0.401. The monoisotopic (exact) mass is 391 g/mol. The normalized spacial score (nSPS) is 11.7. The van der Waals surface area contributed by atoms with Gasteiger partial charge in [-0.3, -0.25) is 0 Å². The van der Waals surface area contributed by atoms with Crippen molar-refractivity contribution in [3.63, 3.8) is 0 Å². The molecule has 0 unspecified atom stereocenters. The minimum Gasteiger partial charge on any atom is -0.490 e. The summed E-state index contributed by atoms with van der Waals surface area (Å²) in [4.78, 5) is 0. The van der Waals surface area contributed by atoms with E-state index in [1.807, 2.05) is 44.2 Å². The van der Waals surface area contributed by atoms with E-state index in [2.05, 4.69) is 10.2 Å². The average Bonchev–Trinajstić information content (AvgIpc) is 2.64. The average molecular weight is 392 g/mol. The first-order valence-electron chi connectivity index (χ1n) is 8.26. The molecule has 0 aromatic heterocycles. The number of nitrogens with zero attached hydrogens (tertiary/aromatic N) is 2. The van der Waals surface area contributed by atoms with Gasteiger partial charge in [-0.15, -0.1) is 5.10 Å². The number of thioether (sulfide) groups is 1. The Labute approximate surface area is 163 Å². The molecule has 2 aromatic carbocycles. The summed E-state index contributed by atoms with van der Waals surface area (Å²) in [5, 5.41) is 8.93. The fourth-order valence-electron chi connectivity index (χ4n) is 2.09. The van der Waals surface area contributed by atoms with E-state index in [1.165, 1.54) is 17.3 Å². The number of hydrogen-bond acceptors (Lipinski definition) is 5. The Balaban J connectivity index is 2.05. The molecule has 0 spiro atoms. The predicted octanol–water partition coefficient (Wildman–Crippen LogP) is 4.72. The minimum absolute atomic E-state index is 0.386. The van der Waals surface area contributed by atoms with Crippen molar-refractivity contribution in [1.82, 2.24) is 0 Å². The summed E-state index contributed by atoms with van der Waals surface area (Å²) >= 11 is 7.71. The van der Waals surface area contributed by atoms with Crippen LogP contribution in [0.4, 0.5) is 0 Å². The van der Waals surface area contributed by atoms with Crippen molar-refractivity contribution in [1.29, 1.82) is 0 Å². The summed E-state index contributed by atoms with van der Waals surface area (Å²) in [5.41, 5.74) is 7.75. The molecule has 0 radical (unpaired) electrons. The first kappa shape index (κ1) is 20.1. The second-order valence-corrected chi connectivity index (χ2v) is 6.55. The molecule has 138 valence electrons. The van der Waals surface area contributed by atoms with E-state index >= 15 is 0 Å². The molecule has 0 saturated carbocycles. The Hall–Kier alpha value is -2.18. The molecule has 0 amide bonds. The van der Waals surface area contributed by atoms with Gasteiger partial charge in [0.1, 0.15) is 0 Å². The highest BCUT2D eigenvalue weighted by Gasteiger charge is 2.09. The van der Waals surface area contributed by atoms with Gasteiger partial charge in [-0.25, -0.2) is 0 Å². The molecule has 0 aliphatic heterocycles. The van der Waals surface area contributed by atoms with Crippen LogP contribution in [0.15, 0.2) is 52.7 Å². The molecule has 0 fully saturated rings. The van der Waals surface area contributed by atoms with Gasteiger partial charge < -0.3 is 15.2 Å². The van der Waals surface area contributed by atoms with Gasteiger partial charge in [-0.1, -0.05) is 53.7 Å². The lowest BCUT2D eigenvalue weighted by Crippen LogP contribution is -2.06. The number of benzene rings is 2. The highest BCUT2D eigenvalue weighted by molar-refractivity contribution is 8.13.